The Morgan fingerprint density at radius 3 is 1.40 bits per heavy atom. The Morgan fingerprint density at radius 1 is 0.800 bits per heavy atom. The standard InChI is InChI=1S/C14H26Cl2O2Si2/c1-5-11-19(15,17-7-3)13-9-10-14-20(16,12-6-2)18-8-4/h5-6,9-10H,1-2,7-8,11-14H2,3-4H3/b10-9+. The zero-order valence-electron chi connectivity index (χ0n) is 12.5. The predicted octanol–water partition coefficient (Wildman–Crippen LogP) is 5.35. The highest BCUT2D eigenvalue weighted by Crippen LogP contribution is 2.26. The molecule has 0 rings (SSSR count). The Labute approximate surface area is 135 Å². The normalized spacial score (nSPS) is 17.6. The SMILES string of the molecule is C=CC[Si](Cl)(C/C=C/C[Si](Cl)(CC=C)OCC)OCC. The van der Waals surface area contributed by atoms with Crippen molar-refractivity contribution in [1.29, 1.82) is 0 Å². The second-order valence-electron chi connectivity index (χ2n) is 4.50. The maximum Gasteiger partial charge on any atom is 0.297 e. The van der Waals surface area contributed by atoms with E-state index in [2.05, 4.69) is 25.3 Å². The van der Waals surface area contributed by atoms with Crippen LogP contribution in [0.15, 0.2) is 37.5 Å². The van der Waals surface area contributed by atoms with Gasteiger partial charge in [-0.15, -0.1) is 35.3 Å². The van der Waals surface area contributed by atoms with Crippen molar-refractivity contribution in [2.24, 2.45) is 0 Å². The molecule has 0 aliphatic heterocycles. The Balaban J connectivity index is 4.46. The van der Waals surface area contributed by atoms with Crippen LogP contribution in [0.3, 0.4) is 0 Å². The first-order valence-corrected chi connectivity index (χ1v) is 13.6. The highest BCUT2D eigenvalue weighted by Gasteiger charge is 2.31. The van der Waals surface area contributed by atoms with Gasteiger partial charge in [-0.05, 0) is 38.0 Å². The molecule has 0 aromatic rings. The molecule has 116 valence electrons. The first-order chi connectivity index (χ1) is 9.45. The summed E-state index contributed by atoms with van der Waals surface area (Å²) in [6, 6.07) is 3.01. The zero-order valence-corrected chi connectivity index (χ0v) is 16.1. The third kappa shape index (κ3) is 8.44. The number of hydrogen-bond acceptors (Lipinski definition) is 2. The molecule has 0 saturated carbocycles. The molecule has 2 atom stereocenters. The number of allylic oxidation sites excluding steroid dienone is 4. The lowest BCUT2D eigenvalue weighted by Crippen LogP contribution is -2.31. The Bertz CT molecular complexity index is 296. The Kier molecular flexibility index (Phi) is 10.9. The molecule has 0 heterocycles. The second kappa shape index (κ2) is 10.8. The van der Waals surface area contributed by atoms with E-state index in [9.17, 15) is 0 Å². The van der Waals surface area contributed by atoms with Crippen LogP contribution >= 0.6 is 22.2 Å². The third-order valence-corrected chi connectivity index (χ3v) is 10.3. The quantitative estimate of drug-likeness (QED) is 0.267. The van der Waals surface area contributed by atoms with Gasteiger partial charge in [0.25, 0.3) is 15.3 Å². The van der Waals surface area contributed by atoms with Crippen LogP contribution < -0.4 is 0 Å². The molecule has 0 aromatic heterocycles. The minimum Gasteiger partial charge on any atom is -0.403 e. The molecule has 0 radical (unpaired) electrons. The van der Waals surface area contributed by atoms with Gasteiger partial charge in [0, 0.05) is 13.2 Å². The minimum absolute atomic E-state index is 0.640. The molecule has 0 fully saturated rings. The van der Waals surface area contributed by atoms with Crippen molar-refractivity contribution >= 4 is 37.4 Å². The molecule has 2 nitrogen and oxygen atoms in total. The fraction of sp³-hybridized carbons (Fsp3) is 0.571. The summed E-state index contributed by atoms with van der Waals surface area (Å²) >= 11 is 13.1. The molecule has 0 aromatic carbocycles. The summed E-state index contributed by atoms with van der Waals surface area (Å²) in [4.78, 5) is 0. The van der Waals surface area contributed by atoms with E-state index in [-0.39, 0.29) is 0 Å². The molecule has 0 N–H and O–H groups in total. The Morgan fingerprint density at radius 2 is 1.15 bits per heavy atom. The van der Waals surface area contributed by atoms with E-state index in [4.69, 9.17) is 31.0 Å². The van der Waals surface area contributed by atoms with Gasteiger partial charge in [-0.3, -0.25) is 0 Å². The van der Waals surface area contributed by atoms with Crippen LogP contribution in [0.4, 0.5) is 0 Å². The molecule has 0 bridgehead atoms. The fourth-order valence-corrected chi connectivity index (χ4v) is 7.45. The minimum atomic E-state index is -2.20. The van der Waals surface area contributed by atoms with E-state index in [1.807, 2.05) is 26.0 Å². The molecule has 20 heavy (non-hydrogen) atoms. The van der Waals surface area contributed by atoms with Gasteiger partial charge in [0.05, 0.1) is 0 Å². The average molecular weight is 353 g/mol. The van der Waals surface area contributed by atoms with Crippen molar-refractivity contribution < 1.29 is 8.85 Å². The molecular formula is C14H26Cl2O2Si2. The molecule has 0 saturated heterocycles. The van der Waals surface area contributed by atoms with E-state index in [0.717, 1.165) is 24.2 Å². The number of halogens is 2. The topological polar surface area (TPSA) is 18.5 Å². The molecule has 0 aliphatic carbocycles. The zero-order chi connectivity index (χ0) is 15.5. The van der Waals surface area contributed by atoms with Crippen molar-refractivity contribution in [3.8, 4) is 0 Å². The summed E-state index contributed by atoms with van der Waals surface area (Å²) in [7, 11) is -4.41. The van der Waals surface area contributed by atoms with Crippen LogP contribution in [-0.4, -0.2) is 28.5 Å². The van der Waals surface area contributed by atoms with Gasteiger partial charge in [0.2, 0.25) is 0 Å². The van der Waals surface area contributed by atoms with E-state index < -0.39 is 15.3 Å². The van der Waals surface area contributed by atoms with Crippen molar-refractivity contribution in [2.75, 3.05) is 13.2 Å². The van der Waals surface area contributed by atoms with Gasteiger partial charge in [-0.1, -0.05) is 24.3 Å². The number of rotatable bonds is 12. The van der Waals surface area contributed by atoms with Crippen LogP contribution in [0.25, 0.3) is 0 Å². The van der Waals surface area contributed by atoms with Crippen molar-refractivity contribution in [3.63, 3.8) is 0 Å². The highest BCUT2D eigenvalue weighted by molar-refractivity contribution is 7.17. The molecule has 0 aliphatic rings. The summed E-state index contributed by atoms with van der Waals surface area (Å²) in [6.07, 6.45) is 7.82. The lowest BCUT2D eigenvalue weighted by atomic mass is 10.6. The summed E-state index contributed by atoms with van der Waals surface area (Å²) < 4.78 is 11.4. The van der Waals surface area contributed by atoms with E-state index in [1.165, 1.54) is 0 Å². The van der Waals surface area contributed by atoms with Crippen LogP contribution in [0, 0.1) is 0 Å². The van der Waals surface area contributed by atoms with Gasteiger partial charge < -0.3 is 8.85 Å². The van der Waals surface area contributed by atoms with E-state index in [1.54, 1.807) is 0 Å². The number of hydrogen-bond donors (Lipinski definition) is 0. The van der Waals surface area contributed by atoms with E-state index in [0.29, 0.717) is 13.2 Å². The van der Waals surface area contributed by atoms with Crippen LogP contribution in [-0.2, 0) is 8.85 Å². The smallest absolute Gasteiger partial charge is 0.297 e. The van der Waals surface area contributed by atoms with Gasteiger partial charge in [0.15, 0.2) is 0 Å². The lowest BCUT2D eigenvalue weighted by Gasteiger charge is -2.22. The second-order valence-corrected chi connectivity index (χ2v) is 14.4. The highest BCUT2D eigenvalue weighted by atomic mass is 35.6. The third-order valence-electron chi connectivity index (χ3n) is 2.72. The van der Waals surface area contributed by atoms with Crippen molar-refractivity contribution in [1.82, 2.24) is 0 Å². The molecular weight excluding hydrogens is 327 g/mol. The van der Waals surface area contributed by atoms with Gasteiger partial charge >= 0.3 is 0 Å². The summed E-state index contributed by atoms with van der Waals surface area (Å²) in [6.45, 7) is 12.7. The molecule has 6 heteroatoms. The molecule has 0 amide bonds. The molecule has 0 spiro atoms. The summed E-state index contributed by atoms with van der Waals surface area (Å²) in [5, 5.41) is 0. The Hall–Kier alpha value is 0.154. The van der Waals surface area contributed by atoms with Gasteiger partial charge in [-0.25, -0.2) is 0 Å². The average Bonchev–Trinajstić information content (AvgIpc) is 2.36. The first kappa shape index (κ1) is 20.2. The van der Waals surface area contributed by atoms with E-state index >= 15 is 0 Å². The lowest BCUT2D eigenvalue weighted by molar-refractivity contribution is 0.337. The summed E-state index contributed by atoms with van der Waals surface area (Å²) in [5.41, 5.74) is 0. The first-order valence-electron chi connectivity index (χ1n) is 6.97. The fourth-order valence-electron chi connectivity index (χ4n) is 1.87. The van der Waals surface area contributed by atoms with Crippen molar-refractivity contribution in [2.45, 2.75) is 38.0 Å². The van der Waals surface area contributed by atoms with Gasteiger partial charge in [0.1, 0.15) is 0 Å². The van der Waals surface area contributed by atoms with Crippen LogP contribution in [0.2, 0.25) is 24.2 Å². The summed E-state index contributed by atoms with van der Waals surface area (Å²) in [5.74, 6) is 0. The largest absolute Gasteiger partial charge is 0.403 e. The maximum atomic E-state index is 6.54. The monoisotopic (exact) mass is 352 g/mol. The van der Waals surface area contributed by atoms with Gasteiger partial charge in [-0.2, -0.15) is 0 Å². The molecule has 2 unspecified atom stereocenters. The predicted molar refractivity (Wildman–Crippen MR) is 95.2 cm³/mol. The van der Waals surface area contributed by atoms with Crippen LogP contribution in [0.1, 0.15) is 13.8 Å². The maximum absolute atomic E-state index is 6.54. The van der Waals surface area contributed by atoms with Crippen molar-refractivity contribution in [3.05, 3.63) is 37.5 Å². The van der Waals surface area contributed by atoms with Crippen LogP contribution in [0.5, 0.6) is 0 Å².